The van der Waals surface area contributed by atoms with Crippen LogP contribution in [0.4, 0.5) is 0 Å². The molecule has 3 aromatic rings. The molecule has 1 aliphatic rings. The normalized spacial score (nSPS) is 16.5. The van der Waals surface area contributed by atoms with Gasteiger partial charge < -0.3 is 0 Å². The van der Waals surface area contributed by atoms with E-state index in [0.29, 0.717) is 10.4 Å². The van der Waals surface area contributed by atoms with Crippen molar-refractivity contribution in [2.75, 3.05) is 0 Å². The maximum atomic E-state index is 12.9. The molecule has 0 bridgehead atoms. The Bertz CT molecular complexity index is 1070. The predicted octanol–water partition coefficient (Wildman–Crippen LogP) is 4.50. The third-order valence-corrected chi connectivity index (χ3v) is 5.18. The van der Waals surface area contributed by atoms with Crippen LogP contribution in [-0.4, -0.2) is 14.5 Å². The van der Waals surface area contributed by atoms with E-state index in [1.54, 1.807) is 6.20 Å². The zero-order valence-electron chi connectivity index (χ0n) is 14.9. The Labute approximate surface area is 157 Å². The van der Waals surface area contributed by atoms with E-state index in [0.717, 1.165) is 42.0 Å². The molecule has 0 aliphatic carbocycles. The molecule has 3 heterocycles. The fourth-order valence-electron chi connectivity index (χ4n) is 3.41. The van der Waals surface area contributed by atoms with Gasteiger partial charge >= 0.3 is 0 Å². The largest absolute Gasteiger partial charge is 0.296 e. The fraction of sp³-hybridized carbons (Fsp3) is 0.286. The first-order valence-electron chi connectivity index (χ1n) is 8.75. The first-order valence-corrected chi connectivity index (χ1v) is 9.13. The highest BCUT2D eigenvalue weighted by atomic mass is 35.5. The lowest BCUT2D eigenvalue weighted by atomic mass is 9.85. The third-order valence-electron chi connectivity index (χ3n) is 4.87. The Balaban J connectivity index is 1.78. The molecule has 0 fully saturated rings. The van der Waals surface area contributed by atoms with Crippen LogP contribution < -0.4 is 5.56 Å². The first kappa shape index (κ1) is 17.0. The van der Waals surface area contributed by atoms with Crippen molar-refractivity contribution < 1.29 is 0 Å². The van der Waals surface area contributed by atoms with Crippen molar-refractivity contribution in [1.29, 1.82) is 0 Å². The van der Waals surface area contributed by atoms with E-state index in [-0.39, 0.29) is 11.0 Å². The van der Waals surface area contributed by atoms with Gasteiger partial charge in [0, 0.05) is 19.2 Å². The summed E-state index contributed by atoms with van der Waals surface area (Å²) < 4.78 is 1.84. The number of benzene rings is 1. The zero-order chi connectivity index (χ0) is 18.3. The van der Waals surface area contributed by atoms with Crippen molar-refractivity contribution in [1.82, 2.24) is 14.5 Å². The van der Waals surface area contributed by atoms with Crippen LogP contribution in [0.5, 0.6) is 0 Å². The molecule has 5 heteroatoms. The molecule has 0 radical (unpaired) electrons. The molecular formula is C21H20ClN3O. The molecule has 4 rings (SSSR count). The monoisotopic (exact) mass is 365 g/mol. The van der Waals surface area contributed by atoms with Gasteiger partial charge in [-0.15, -0.1) is 0 Å². The summed E-state index contributed by atoms with van der Waals surface area (Å²) in [6.07, 6.45) is 5.43. The Kier molecular flexibility index (Phi) is 4.16. The van der Waals surface area contributed by atoms with E-state index >= 15 is 0 Å². The number of rotatable bonds is 2. The molecule has 0 atom stereocenters. The highest BCUT2D eigenvalue weighted by molar-refractivity contribution is 6.51. The van der Waals surface area contributed by atoms with Gasteiger partial charge in [-0.1, -0.05) is 37.6 Å². The van der Waals surface area contributed by atoms with Crippen LogP contribution >= 0.6 is 11.6 Å². The summed E-state index contributed by atoms with van der Waals surface area (Å²) >= 11 is 6.38. The van der Waals surface area contributed by atoms with E-state index in [4.69, 9.17) is 16.6 Å². The fourth-order valence-corrected chi connectivity index (χ4v) is 3.65. The minimum atomic E-state index is 0.0455. The van der Waals surface area contributed by atoms with Crippen molar-refractivity contribution in [2.45, 2.75) is 33.2 Å². The molecule has 0 unspecified atom stereocenters. The highest BCUT2D eigenvalue weighted by Crippen LogP contribution is 2.29. The topological polar surface area (TPSA) is 47.8 Å². The average Bonchev–Trinajstić information content (AvgIpc) is 2.63. The van der Waals surface area contributed by atoms with E-state index in [9.17, 15) is 4.79 Å². The predicted molar refractivity (Wildman–Crippen MR) is 106 cm³/mol. The summed E-state index contributed by atoms with van der Waals surface area (Å²) in [7, 11) is 0. The second kappa shape index (κ2) is 6.36. The van der Waals surface area contributed by atoms with Crippen molar-refractivity contribution in [2.24, 2.45) is 5.41 Å². The van der Waals surface area contributed by atoms with Crippen molar-refractivity contribution in [3.8, 4) is 0 Å². The number of aromatic nitrogens is 3. The Morgan fingerprint density at radius 3 is 2.88 bits per heavy atom. The standard InChI is InChI=1S/C21H20ClN3O/c1-21(2)9-8-19-24-18-12-14(6-7-15(18)20(26)25(19)13-21)11-16(22)17-5-3-4-10-23-17/h3-7,10-12H,8-9,13H2,1-2H3. The molecule has 1 aliphatic heterocycles. The molecule has 0 amide bonds. The molecule has 0 saturated heterocycles. The number of nitrogens with zero attached hydrogens (tertiary/aromatic N) is 3. The lowest BCUT2D eigenvalue weighted by Crippen LogP contribution is -2.36. The average molecular weight is 366 g/mol. The lowest BCUT2D eigenvalue weighted by molar-refractivity contribution is 0.240. The Morgan fingerprint density at radius 2 is 2.12 bits per heavy atom. The number of hydrogen-bond acceptors (Lipinski definition) is 3. The summed E-state index contributed by atoms with van der Waals surface area (Å²) in [6, 6.07) is 11.3. The SMILES string of the molecule is CC1(C)CCc2nc3cc(C=C(Cl)c4ccccn4)ccc3c(=O)n2C1. The second-order valence-corrected chi connectivity index (χ2v) is 7.97. The Morgan fingerprint density at radius 1 is 1.27 bits per heavy atom. The second-order valence-electron chi connectivity index (χ2n) is 7.57. The molecule has 2 aromatic heterocycles. The summed E-state index contributed by atoms with van der Waals surface area (Å²) in [4.78, 5) is 21.9. The number of pyridine rings is 1. The number of halogens is 1. The summed E-state index contributed by atoms with van der Waals surface area (Å²) in [5, 5.41) is 1.21. The highest BCUT2D eigenvalue weighted by Gasteiger charge is 2.27. The van der Waals surface area contributed by atoms with Gasteiger partial charge in [-0.05, 0) is 47.7 Å². The smallest absolute Gasteiger partial charge is 0.261 e. The minimum Gasteiger partial charge on any atom is -0.296 e. The van der Waals surface area contributed by atoms with Gasteiger partial charge in [0.15, 0.2) is 0 Å². The van der Waals surface area contributed by atoms with Gasteiger partial charge in [0.1, 0.15) is 5.82 Å². The minimum absolute atomic E-state index is 0.0455. The van der Waals surface area contributed by atoms with Gasteiger partial charge in [0.25, 0.3) is 5.56 Å². The van der Waals surface area contributed by atoms with Crippen LogP contribution in [0, 0.1) is 5.41 Å². The Hall–Kier alpha value is -2.46. The summed E-state index contributed by atoms with van der Waals surface area (Å²) in [6.45, 7) is 5.11. The molecular weight excluding hydrogens is 346 g/mol. The van der Waals surface area contributed by atoms with Gasteiger partial charge in [-0.2, -0.15) is 0 Å². The van der Waals surface area contributed by atoms with E-state index in [1.165, 1.54) is 0 Å². The van der Waals surface area contributed by atoms with Crippen molar-refractivity contribution in [3.63, 3.8) is 0 Å². The van der Waals surface area contributed by atoms with Gasteiger partial charge in [-0.25, -0.2) is 4.98 Å². The van der Waals surface area contributed by atoms with E-state index in [1.807, 2.05) is 47.0 Å². The van der Waals surface area contributed by atoms with Crippen LogP contribution in [0.25, 0.3) is 22.0 Å². The lowest BCUT2D eigenvalue weighted by Gasteiger charge is -2.31. The van der Waals surface area contributed by atoms with Crippen LogP contribution in [0.15, 0.2) is 47.4 Å². The van der Waals surface area contributed by atoms with Crippen molar-refractivity contribution >= 4 is 33.6 Å². The maximum Gasteiger partial charge on any atom is 0.261 e. The molecule has 132 valence electrons. The zero-order valence-corrected chi connectivity index (χ0v) is 15.6. The van der Waals surface area contributed by atoms with E-state index in [2.05, 4.69) is 18.8 Å². The van der Waals surface area contributed by atoms with Crippen LogP contribution in [-0.2, 0) is 13.0 Å². The molecule has 0 saturated carbocycles. The molecule has 0 spiro atoms. The number of aryl methyl sites for hydroxylation is 1. The quantitative estimate of drug-likeness (QED) is 0.671. The van der Waals surface area contributed by atoms with Gasteiger partial charge in [0.2, 0.25) is 0 Å². The first-order chi connectivity index (χ1) is 12.4. The summed E-state index contributed by atoms with van der Waals surface area (Å²) in [5.41, 5.74) is 2.52. The molecule has 0 N–H and O–H groups in total. The van der Waals surface area contributed by atoms with Crippen LogP contribution in [0.2, 0.25) is 0 Å². The molecule has 4 nitrogen and oxygen atoms in total. The maximum absolute atomic E-state index is 12.9. The third kappa shape index (κ3) is 3.17. The molecule has 26 heavy (non-hydrogen) atoms. The van der Waals surface area contributed by atoms with E-state index < -0.39 is 0 Å². The number of hydrogen-bond donors (Lipinski definition) is 0. The van der Waals surface area contributed by atoms with Crippen molar-refractivity contribution in [3.05, 3.63) is 70.0 Å². The number of fused-ring (bicyclic) bond motifs is 2. The molecule has 1 aromatic carbocycles. The van der Waals surface area contributed by atoms with Gasteiger partial charge in [-0.3, -0.25) is 14.3 Å². The van der Waals surface area contributed by atoms with Crippen LogP contribution in [0.3, 0.4) is 0 Å². The van der Waals surface area contributed by atoms with Crippen LogP contribution in [0.1, 0.15) is 37.4 Å². The van der Waals surface area contributed by atoms with Gasteiger partial charge in [0.05, 0.1) is 21.6 Å². The summed E-state index contributed by atoms with van der Waals surface area (Å²) in [5.74, 6) is 0.874.